The predicted octanol–water partition coefficient (Wildman–Crippen LogP) is 1.19. The summed E-state index contributed by atoms with van der Waals surface area (Å²) in [5.74, 6) is 1.48. The summed E-state index contributed by atoms with van der Waals surface area (Å²) in [6.07, 6.45) is 9.73. The van der Waals surface area contributed by atoms with Gasteiger partial charge < -0.3 is 4.90 Å². The van der Waals surface area contributed by atoms with Gasteiger partial charge in [0.25, 0.3) is 0 Å². The number of nitrogens with zero attached hydrogens (tertiary/aromatic N) is 1. The van der Waals surface area contributed by atoms with Crippen LogP contribution in [0.2, 0.25) is 0 Å². The second kappa shape index (κ2) is 17.6. The Morgan fingerprint density at radius 3 is 1.81 bits per heavy atom. The third kappa shape index (κ3) is 9.95. The van der Waals surface area contributed by atoms with Crippen molar-refractivity contribution in [2.24, 2.45) is 5.92 Å². The second-order valence-electron chi connectivity index (χ2n) is 4.12. The van der Waals surface area contributed by atoms with Gasteiger partial charge in [0.05, 0.1) is 0 Å². The van der Waals surface area contributed by atoms with E-state index in [4.69, 9.17) is 14.0 Å². The van der Waals surface area contributed by atoms with Gasteiger partial charge in [0, 0.05) is 31.9 Å². The van der Waals surface area contributed by atoms with Gasteiger partial charge in [0.15, 0.2) is 0 Å². The van der Waals surface area contributed by atoms with Crippen LogP contribution in [0.5, 0.6) is 0 Å². The molecule has 1 aliphatic heterocycles. The van der Waals surface area contributed by atoms with Crippen LogP contribution in [0, 0.1) is 57.5 Å². The fourth-order valence-electron chi connectivity index (χ4n) is 2.04. The van der Waals surface area contributed by atoms with Crippen molar-refractivity contribution in [3.05, 3.63) is 51.6 Å². The Balaban J connectivity index is -0.000000414. The fraction of sp³-hybridized carbons (Fsp3) is 0.400. The zero-order valence-electron chi connectivity index (χ0n) is 11.7. The molecule has 1 heterocycles. The van der Waals surface area contributed by atoms with Crippen LogP contribution >= 0.6 is 0 Å². The molecule has 0 atom stereocenters. The molecule has 6 heteroatoms. The quantitative estimate of drug-likeness (QED) is 0.538. The molecule has 1 saturated heterocycles. The Kier molecular flexibility index (Phi) is 21.3. The van der Waals surface area contributed by atoms with E-state index in [9.17, 15) is 4.79 Å². The van der Waals surface area contributed by atoms with E-state index < -0.39 is 0 Å². The van der Waals surface area contributed by atoms with Crippen molar-refractivity contribution >= 4 is 5.78 Å². The van der Waals surface area contributed by atoms with Gasteiger partial charge in [-0.05, 0) is 58.7 Å². The molecule has 112 valence electrons. The number of carbonyl (C=O) groups is 1. The molecule has 2 rings (SSSR count). The van der Waals surface area contributed by atoms with E-state index in [2.05, 4.69) is 31.9 Å². The molecular formula is C15H16NO4Tc. The molecule has 1 aliphatic carbocycles. The van der Waals surface area contributed by atoms with Gasteiger partial charge in [-0.3, -0.25) is 4.79 Å². The summed E-state index contributed by atoms with van der Waals surface area (Å²) < 4.78 is 22.5. The molecule has 5 nitrogen and oxygen atoms in total. The van der Waals surface area contributed by atoms with Gasteiger partial charge in [-0.2, -0.15) is 0 Å². The van der Waals surface area contributed by atoms with Gasteiger partial charge in [-0.1, -0.05) is 0 Å². The van der Waals surface area contributed by atoms with E-state index in [1.54, 1.807) is 0 Å². The molecule has 2 aliphatic rings. The molecule has 6 radical (unpaired) electrons. The summed E-state index contributed by atoms with van der Waals surface area (Å²) in [5, 5.41) is 0. The average molecular weight is 373 g/mol. The SMILES string of the molecule is CN1CCC(C(=O)[C]2[CH][CH][CH][CH]2)CC1.[99Tc].[C-]#[O+].[C-]#[O+].[C-]#[O+]. The van der Waals surface area contributed by atoms with Crippen LogP contribution in [0.25, 0.3) is 0 Å². The third-order valence-electron chi connectivity index (χ3n) is 3.04. The minimum absolute atomic E-state index is 0. The summed E-state index contributed by atoms with van der Waals surface area (Å²) >= 11 is 0. The molecule has 0 spiro atoms. The topological polar surface area (TPSA) is 80.0 Å². The number of hydrogen-bond acceptors (Lipinski definition) is 2. The molecule has 1 saturated carbocycles. The number of ketones is 1. The number of carbonyl (C=O) groups excluding carboxylic acids is 1. The first-order valence-corrected chi connectivity index (χ1v) is 5.83. The van der Waals surface area contributed by atoms with Crippen LogP contribution in [0.4, 0.5) is 0 Å². The van der Waals surface area contributed by atoms with Crippen molar-refractivity contribution in [2.75, 3.05) is 20.1 Å². The predicted molar refractivity (Wildman–Crippen MR) is 67.5 cm³/mol. The number of piperidine rings is 1. The second-order valence-corrected chi connectivity index (χ2v) is 4.12. The summed E-state index contributed by atoms with van der Waals surface area (Å²) in [4.78, 5) is 14.2. The van der Waals surface area contributed by atoms with Crippen LogP contribution < -0.4 is 0 Å². The van der Waals surface area contributed by atoms with Crippen LogP contribution in [-0.4, -0.2) is 30.8 Å². The van der Waals surface area contributed by atoms with E-state index in [0.29, 0.717) is 5.78 Å². The van der Waals surface area contributed by atoms with Crippen molar-refractivity contribution in [3.63, 3.8) is 0 Å². The summed E-state index contributed by atoms with van der Waals surface area (Å²) in [6.45, 7) is 15.6. The normalized spacial score (nSPS) is 18.2. The maximum absolute atomic E-state index is 11.9. The molecule has 0 N–H and O–H groups in total. The monoisotopic (exact) mass is 373 g/mol. The van der Waals surface area contributed by atoms with E-state index in [1.165, 1.54) is 0 Å². The third-order valence-corrected chi connectivity index (χ3v) is 3.04. The Labute approximate surface area is 140 Å². The van der Waals surface area contributed by atoms with Gasteiger partial charge in [0.2, 0.25) is 0 Å². The summed E-state index contributed by atoms with van der Waals surface area (Å²) in [5.41, 5.74) is 0. The number of likely N-dealkylation sites (tertiary alicyclic amines) is 1. The Hall–Kier alpha value is -0.501. The fourth-order valence-corrected chi connectivity index (χ4v) is 2.04. The minimum atomic E-state index is 0. The molecular weight excluding hydrogens is 357 g/mol. The van der Waals surface area contributed by atoms with Crippen molar-refractivity contribution in [1.29, 1.82) is 0 Å². The zero-order chi connectivity index (χ0) is 16.0. The first-order valence-electron chi connectivity index (χ1n) is 5.83. The zero-order valence-corrected chi connectivity index (χ0v) is 13.5. The van der Waals surface area contributed by atoms with Crippen molar-refractivity contribution in [1.82, 2.24) is 4.90 Å². The van der Waals surface area contributed by atoms with Crippen molar-refractivity contribution < 1.29 is 38.9 Å². The first kappa shape index (κ1) is 25.5. The molecule has 0 bridgehead atoms. The number of Topliss-reactive ketones (excluding diaryl/α,β-unsaturated/α-hetero) is 1. The van der Waals surface area contributed by atoms with Crippen LogP contribution in [0.15, 0.2) is 0 Å². The average Bonchev–Trinajstić information content (AvgIpc) is 3.08. The number of hydrogen-bond donors (Lipinski definition) is 0. The standard InChI is InChI=1S/C12H16NO.3CO.Tc/c1-13-8-6-11(7-9-13)12(14)10-4-2-3-5-10;3*1-2;/h2-5,11H,6-9H2,1H3;;;;/i;;;;1+1. The molecule has 2 fully saturated rings. The van der Waals surface area contributed by atoms with Crippen molar-refractivity contribution in [2.45, 2.75) is 12.8 Å². The maximum atomic E-state index is 11.9. The van der Waals surface area contributed by atoms with E-state index in [0.717, 1.165) is 31.8 Å². The molecule has 0 unspecified atom stereocenters. The van der Waals surface area contributed by atoms with Crippen LogP contribution in [0.1, 0.15) is 12.8 Å². The van der Waals surface area contributed by atoms with Crippen LogP contribution in [-0.2, 0) is 38.9 Å². The molecule has 21 heavy (non-hydrogen) atoms. The Bertz CT molecular complexity index is 299. The number of rotatable bonds is 2. The summed E-state index contributed by atoms with van der Waals surface area (Å²) in [7, 11) is 2.11. The van der Waals surface area contributed by atoms with Crippen molar-refractivity contribution in [3.8, 4) is 0 Å². The van der Waals surface area contributed by atoms with Gasteiger partial charge in [-0.15, -0.1) is 0 Å². The van der Waals surface area contributed by atoms with Gasteiger partial charge in [0.1, 0.15) is 5.78 Å². The Morgan fingerprint density at radius 2 is 1.43 bits per heavy atom. The van der Waals surface area contributed by atoms with E-state index >= 15 is 0 Å². The Morgan fingerprint density at radius 1 is 1.05 bits per heavy atom. The molecule has 0 aromatic heterocycles. The molecule has 0 aromatic carbocycles. The summed E-state index contributed by atoms with van der Waals surface area (Å²) in [6, 6.07) is 0. The van der Waals surface area contributed by atoms with E-state index in [1.807, 2.05) is 25.7 Å². The molecule has 0 amide bonds. The van der Waals surface area contributed by atoms with Gasteiger partial charge >= 0.3 is 33.9 Å². The first-order chi connectivity index (χ1) is 9.77. The van der Waals surface area contributed by atoms with E-state index in [-0.39, 0.29) is 26.0 Å². The van der Waals surface area contributed by atoms with Crippen LogP contribution in [0.3, 0.4) is 0 Å². The molecule has 0 aromatic rings. The van der Waals surface area contributed by atoms with Gasteiger partial charge in [-0.25, -0.2) is 0 Å².